The van der Waals surface area contributed by atoms with Crippen molar-refractivity contribution >= 4 is 19.7 Å². The summed E-state index contributed by atoms with van der Waals surface area (Å²) >= 11 is 0. The number of quaternary nitrogens is 1. The Hall–Kier alpha value is -3.07. The van der Waals surface area contributed by atoms with Crippen LogP contribution in [0, 0.1) is 0 Å². The van der Waals surface area contributed by atoms with Crippen LogP contribution in [-0.4, -0.2) is 74.3 Å². The molecule has 0 aromatic carbocycles. The first kappa shape index (κ1) is 64.9. The molecule has 0 rings (SSSR count). The van der Waals surface area contributed by atoms with Gasteiger partial charge in [-0.1, -0.05) is 202 Å². The molecule has 390 valence electrons. The smallest absolute Gasteiger partial charge is 0.456 e. The lowest BCUT2D eigenvalue weighted by atomic mass is 10.0. The molecule has 0 saturated carbocycles. The number of rotatable bonds is 47. The number of ether oxygens (including phenoxy) is 1. The van der Waals surface area contributed by atoms with Crippen LogP contribution < -0.4 is 5.32 Å². The van der Waals surface area contributed by atoms with Crippen LogP contribution in [0.3, 0.4) is 0 Å². The number of phosphoric ester groups is 1. The minimum Gasteiger partial charge on any atom is -0.456 e. The summed E-state index contributed by atoms with van der Waals surface area (Å²) in [5.74, 6) is -0.623. The molecule has 0 radical (unpaired) electrons. The average molecular weight is 970 g/mol. The largest absolute Gasteiger partial charge is 0.472 e. The van der Waals surface area contributed by atoms with Crippen LogP contribution >= 0.6 is 7.82 Å². The van der Waals surface area contributed by atoms with Crippen LogP contribution in [0.4, 0.5) is 0 Å². The number of carbonyl (C=O) groups is 2. The van der Waals surface area contributed by atoms with Crippen molar-refractivity contribution in [1.29, 1.82) is 0 Å². The van der Waals surface area contributed by atoms with E-state index < -0.39 is 25.9 Å². The average Bonchev–Trinajstić information content (AvgIpc) is 3.29. The Balaban J connectivity index is 5.51. The molecule has 0 bridgehead atoms. The van der Waals surface area contributed by atoms with Gasteiger partial charge in [-0.25, -0.2) is 4.57 Å². The number of phosphoric acid groups is 1. The molecule has 0 fully saturated rings. The molecule has 0 aliphatic rings. The quantitative estimate of drug-likeness (QED) is 0.0205. The van der Waals surface area contributed by atoms with Gasteiger partial charge in [0.25, 0.3) is 0 Å². The first-order valence-electron chi connectivity index (χ1n) is 27.1. The van der Waals surface area contributed by atoms with E-state index in [1.165, 1.54) is 64.2 Å². The van der Waals surface area contributed by atoms with Crippen LogP contribution in [-0.2, 0) is 27.9 Å². The second-order valence-electron chi connectivity index (χ2n) is 19.0. The van der Waals surface area contributed by atoms with E-state index in [9.17, 15) is 19.0 Å². The molecule has 0 saturated heterocycles. The standard InChI is InChI=1S/C58H101N2O7P/c1-7-10-13-16-19-22-25-27-28-29-30-31-32-33-36-39-42-45-48-51-58(62)67-56(49-46-43-40-37-35-26-23-20-17-14-11-8-2)55(54-66-68(63,64)65-53-52-60(4,5)6)59-57(61)50-47-44-41-38-34-24-21-18-15-12-9-3/h10,13,18-19,21-22,27-28,30-31,33,36,42,45-46,49,55-56H,7-9,11-12,14-17,20,23-26,29,32,34-35,37-41,43-44,47-48,50-54H2,1-6H3,(H-,59,61,63,64)/p+1/b13-10-,21-18-,22-19-,28-27-,31-30-,36-33-,45-42-,49-46-. The van der Waals surface area contributed by atoms with Crippen molar-refractivity contribution < 1.29 is 37.3 Å². The number of carbonyl (C=O) groups excluding carboxylic acids is 2. The summed E-state index contributed by atoms with van der Waals surface area (Å²) in [6, 6.07) is -0.886. The second-order valence-corrected chi connectivity index (χ2v) is 20.5. The van der Waals surface area contributed by atoms with Crippen molar-refractivity contribution in [2.75, 3.05) is 40.9 Å². The van der Waals surface area contributed by atoms with Gasteiger partial charge in [0.05, 0.1) is 33.8 Å². The number of esters is 1. The Kier molecular flexibility index (Phi) is 45.5. The maximum atomic E-state index is 13.4. The van der Waals surface area contributed by atoms with Crippen molar-refractivity contribution in [2.24, 2.45) is 0 Å². The van der Waals surface area contributed by atoms with Crippen molar-refractivity contribution in [3.8, 4) is 0 Å². The zero-order valence-corrected chi connectivity index (χ0v) is 45.2. The van der Waals surface area contributed by atoms with Gasteiger partial charge in [-0.3, -0.25) is 18.6 Å². The highest BCUT2D eigenvalue weighted by Crippen LogP contribution is 2.43. The van der Waals surface area contributed by atoms with E-state index in [0.29, 0.717) is 23.9 Å². The normalized spacial score (nSPS) is 14.6. The summed E-state index contributed by atoms with van der Waals surface area (Å²) in [6.07, 6.45) is 62.8. The van der Waals surface area contributed by atoms with Crippen LogP contribution in [0.25, 0.3) is 0 Å². The molecule has 3 unspecified atom stereocenters. The number of amides is 1. The highest BCUT2D eigenvalue weighted by molar-refractivity contribution is 7.47. The molecule has 0 aliphatic heterocycles. The third kappa shape index (κ3) is 48.0. The SMILES string of the molecule is CC/C=C\C/C=C\C/C=C\C/C=C\C/C=C\C/C=C\CCC(=O)OC(/C=C\CCCCCCCCCCCC)C(COP(=O)(O)OCC[N+](C)(C)C)NC(=O)CCCCCCC/C=C\CCCC. The summed E-state index contributed by atoms with van der Waals surface area (Å²) in [4.78, 5) is 37.4. The minimum atomic E-state index is -4.46. The predicted molar refractivity (Wildman–Crippen MR) is 290 cm³/mol. The fraction of sp³-hybridized carbons (Fsp3) is 0.690. The van der Waals surface area contributed by atoms with Gasteiger partial charge in [0.2, 0.25) is 5.91 Å². The third-order valence-electron chi connectivity index (χ3n) is 11.3. The molecule has 0 aromatic heterocycles. The first-order valence-corrected chi connectivity index (χ1v) is 28.6. The molecule has 0 spiro atoms. The van der Waals surface area contributed by atoms with Gasteiger partial charge in [-0.15, -0.1) is 0 Å². The van der Waals surface area contributed by atoms with Gasteiger partial charge in [-0.05, 0) is 89.5 Å². The summed E-state index contributed by atoms with van der Waals surface area (Å²) in [7, 11) is 1.44. The topological polar surface area (TPSA) is 111 Å². The van der Waals surface area contributed by atoms with Crippen LogP contribution in [0.5, 0.6) is 0 Å². The Morgan fingerprint density at radius 3 is 1.49 bits per heavy atom. The lowest BCUT2D eigenvalue weighted by molar-refractivity contribution is -0.870. The van der Waals surface area contributed by atoms with E-state index in [2.05, 4.69) is 99.0 Å². The summed E-state index contributed by atoms with van der Waals surface area (Å²) in [5, 5.41) is 3.01. The number of unbranched alkanes of at least 4 members (excludes halogenated alkanes) is 17. The molecular weight excluding hydrogens is 868 g/mol. The van der Waals surface area contributed by atoms with Crippen molar-refractivity contribution in [3.63, 3.8) is 0 Å². The maximum absolute atomic E-state index is 13.4. The number of likely N-dealkylation sites (N-methyl/N-ethyl adjacent to an activating group) is 1. The molecule has 2 N–H and O–H groups in total. The third-order valence-corrected chi connectivity index (χ3v) is 12.3. The maximum Gasteiger partial charge on any atom is 0.472 e. The van der Waals surface area contributed by atoms with Gasteiger partial charge in [0, 0.05) is 12.8 Å². The fourth-order valence-corrected chi connectivity index (χ4v) is 7.80. The van der Waals surface area contributed by atoms with E-state index in [1.54, 1.807) is 0 Å². The zero-order chi connectivity index (χ0) is 50.1. The van der Waals surface area contributed by atoms with Gasteiger partial charge < -0.3 is 19.4 Å². The second kappa shape index (κ2) is 47.6. The molecular formula is C58H102N2O7P+. The van der Waals surface area contributed by atoms with E-state index >= 15 is 0 Å². The van der Waals surface area contributed by atoms with Crippen molar-refractivity contribution in [3.05, 3.63) is 97.2 Å². The zero-order valence-electron chi connectivity index (χ0n) is 44.3. The van der Waals surface area contributed by atoms with E-state index in [0.717, 1.165) is 103 Å². The van der Waals surface area contributed by atoms with Crippen LogP contribution in [0.2, 0.25) is 0 Å². The van der Waals surface area contributed by atoms with E-state index in [1.807, 2.05) is 45.4 Å². The highest BCUT2D eigenvalue weighted by atomic mass is 31.2. The number of nitrogens with one attached hydrogen (secondary N) is 1. The molecule has 9 nitrogen and oxygen atoms in total. The van der Waals surface area contributed by atoms with Gasteiger partial charge >= 0.3 is 13.8 Å². The van der Waals surface area contributed by atoms with Gasteiger partial charge in [0.15, 0.2) is 0 Å². The van der Waals surface area contributed by atoms with E-state index in [4.69, 9.17) is 13.8 Å². The van der Waals surface area contributed by atoms with Crippen LogP contribution in [0.1, 0.15) is 207 Å². The molecule has 68 heavy (non-hydrogen) atoms. The van der Waals surface area contributed by atoms with Crippen molar-refractivity contribution in [2.45, 2.75) is 219 Å². The molecule has 10 heteroatoms. The summed E-state index contributed by atoms with van der Waals surface area (Å²) in [6.45, 7) is 6.77. The minimum absolute atomic E-state index is 0.0230. The Labute approximate surface area is 418 Å². The van der Waals surface area contributed by atoms with E-state index in [-0.39, 0.29) is 25.5 Å². The Morgan fingerprint density at radius 2 is 0.971 bits per heavy atom. The number of nitrogens with zero attached hydrogens (tertiary/aromatic N) is 1. The first-order chi connectivity index (χ1) is 32.9. The Morgan fingerprint density at radius 1 is 0.529 bits per heavy atom. The van der Waals surface area contributed by atoms with Gasteiger partial charge in [-0.2, -0.15) is 0 Å². The molecule has 1 amide bonds. The number of hydrogen-bond donors (Lipinski definition) is 2. The predicted octanol–water partition coefficient (Wildman–Crippen LogP) is 16.0. The number of hydrogen-bond acceptors (Lipinski definition) is 6. The highest BCUT2D eigenvalue weighted by Gasteiger charge is 2.30. The lowest BCUT2D eigenvalue weighted by Crippen LogP contribution is -2.47. The lowest BCUT2D eigenvalue weighted by Gasteiger charge is -2.27. The molecule has 0 aromatic rings. The van der Waals surface area contributed by atoms with Crippen molar-refractivity contribution in [1.82, 2.24) is 5.32 Å². The summed E-state index contributed by atoms with van der Waals surface area (Å²) < 4.78 is 30.4. The molecule has 3 atom stereocenters. The number of allylic oxidation sites excluding steroid dienone is 15. The van der Waals surface area contributed by atoms with Gasteiger partial charge in [0.1, 0.15) is 19.3 Å². The summed E-state index contributed by atoms with van der Waals surface area (Å²) in [5.41, 5.74) is 0. The molecule has 0 heterocycles. The fourth-order valence-electron chi connectivity index (χ4n) is 7.06. The molecule has 0 aliphatic carbocycles. The van der Waals surface area contributed by atoms with Crippen LogP contribution in [0.15, 0.2) is 97.2 Å². The Bertz CT molecular complexity index is 1490. The monoisotopic (exact) mass is 970 g/mol.